The maximum atomic E-state index is 12.1. The minimum Gasteiger partial charge on any atom is -0.480 e. The van der Waals surface area contributed by atoms with E-state index in [-0.39, 0.29) is 17.7 Å². The molecule has 1 amide bonds. The Balaban J connectivity index is 2.86. The summed E-state index contributed by atoms with van der Waals surface area (Å²) in [5, 5.41) is 9.21. The summed E-state index contributed by atoms with van der Waals surface area (Å²) < 4.78 is 0. The van der Waals surface area contributed by atoms with Gasteiger partial charge in [-0.1, -0.05) is 20.8 Å². The monoisotopic (exact) mass is 242 g/mol. The number of nitrogens with two attached hydrogens (primary N) is 1. The minimum absolute atomic E-state index is 0.00966. The van der Waals surface area contributed by atoms with E-state index in [2.05, 4.69) is 0 Å². The van der Waals surface area contributed by atoms with Gasteiger partial charge in [0.2, 0.25) is 5.91 Å². The van der Waals surface area contributed by atoms with E-state index in [0.717, 1.165) is 12.8 Å². The second kappa shape index (κ2) is 5.49. The topological polar surface area (TPSA) is 83.6 Å². The van der Waals surface area contributed by atoms with Crippen LogP contribution in [0.2, 0.25) is 0 Å². The molecule has 1 heterocycles. The van der Waals surface area contributed by atoms with Gasteiger partial charge in [0.1, 0.15) is 6.04 Å². The van der Waals surface area contributed by atoms with Gasteiger partial charge < -0.3 is 15.7 Å². The van der Waals surface area contributed by atoms with Gasteiger partial charge in [-0.3, -0.25) is 4.79 Å². The van der Waals surface area contributed by atoms with Crippen molar-refractivity contribution in [2.45, 2.75) is 45.7 Å². The van der Waals surface area contributed by atoms with E-state index in [1.807, 2.05) is 20.8 Å². The number of amides is 1. The smallest absolute Gasteiger partial charge is 0.326 e. The highest BCUT2D eigenvalue weighted by Gasteiger charge is 2.38. The molecule has 3 N–H and O–H groups in total. The predicted molar refractivity (Wildman–Crippen MR) is 64.3 cm³/mol. The molecule has 1 saturated heterocycles. The van der Waals surface area contributed by atoms with Crippen LogP contribution in [0.5, 0.6) is 0 Å². The third-order valence-corrected chi connectivity index (χ3v) is 3.47. The zero-order valence-corrected chi connectivity index (χ0v) is 10.7. The highest BCUT2D eigenvalue weighted by Crippen LogP contribution is 2.24. The molecular formula is C12H22N2O3. The maximum absolute atomic E-state index is 12.1. The summed E-state index contributed by atoms with van der Waals surface area (Å²) in [6.45, 7) is 6.11. The Morgan fingerprint density at radius 1 is 1.41 bits per heavy atom. The number of carbonyl (C=O) groups excluding carboxylic acids is 1. The van der Waals surface area contributed by atoms with Gasteiger partial charge in [0.15, 0.2) is 0 Å². The zero-order chi connectivity index (χ0) is 13.2. The van der Waals surface area contributed by atoms with E-state index in [4.69, 9.17) is 5.73 Å². The van der Waals surface area contributed by atoms with Crippen LogP contribution in [-0.2, 0) is 9.59 Å². The Kier molecular flexibility index (Phi) is 4.51. The number of hydrogen-bond donors (Lipinski definition) is 2. The molecule has 3 atom stereocenters. The number of carbonyl (C=O) groups is 2. The van der Waals surface area contributed by atoms with Crippen LogP contribution in [0.3, 0.4) is 0 Å². The number of piperidine rings is 1. The predicted octanol–water partition coefficient (Wildman–Crippen LogP) is 0.681. The Hall–Kier alpha value is -1.10. The molecule has 0 aromatic heterocycles. The van der Waals surface area contributed by atoms with Crippen LogP contribution in [-0.4, -0.2) is 40.5 Å². The van der Waals surface area contributed by atoms with Crippen LogP contribution >= 0.6 is 0 Å². The largest absolute Gasteiger partial charge is 0.480 e. The lowest BCUT2D eigenvalue weighted by Gasteiger charge is -2.39. The molecule has 0 radical (unpaired) electrons. The fraction of sp³-hybridized carbons (Fsp3) is 0.833. The lowest BCUT2D eigenvalue weighted by atomic mass is 9.89. The third-order valence-electron chi connectivity index (χ3n) is 3.47. The number of aliphatic carboxylic acids is 1. The van der Waals surface area contributed by atoms with E-state index in [9.17, 15) is 14.7 Å². The van der Waals surface area contributed by atoms with Crippen molar-refractivity contribution in [2.75, 3.05) is 6.54 Å². The van der Waals surface area contributed by atoms with Gasteiger partial charge in [-0.2, -0.15) is 0 Å². The highest BCUT2D eigenvalue weighted by atomic mass is 16.4. The number of rotatable bonds is 3. The van der Waals surface area contributed by atoms with Crippen molar-refractivity contribution in [3.05, 3.63) is 0 Å². The fourth-order valence-corrected chi connectivity index (χ4v) is 2.29. The number of carboxylic acids is 1. The summed E-state index contributed by atoms with van der Waals surface area (Å²) in [6.07, 6.45) is 1.69. The average molecular weight is 242 g/mol. The van der Waals surface area contributed by atoms with Gasteiger partial charge >= 0.3 is 5.97 Å². The quantitative estimate of drug-likeness (QED) is 0.762. The van der Waals surface area contributed by atoms with Gasteiger partial charge in [-0.15, -0.1) is 0 Å². The van der Waals surface area contributed by atoms with Crippen LogP contribution in [0.25, 0.3) is 0 Å². The second-order valence-electron chi connectivity index (χ2n) is 5.20. The van der Waals surface area contributed by atoms with Crippen LogP contribution < -0.4 is 5.73 Å². The van der Waals surface area contributed by atoms with Crippen molar-refractivity contribution < 1.29 is 14.7 Å². The van der Waals surface area contributed by atoms with Gasteiger partial charge in [0.05, 0.1) is 6.04 Å². The van der Waals surface area contributed by atoms with Crippen molar-refractivity contribution in [3.8, 4) is 0 Å². The van der Waals surface area contributed by atoms with E-state index < -0.39 is 18.1 Å². The molecule has 5 heteroatoms. The second-order valence-corrected chi connectivity index (χ2v) is 5.20. The molecule has 0 aromatic carbocycles. The lowest BCUT2D eigenvalue weighted by Crippen LogP contribution is -2.57. The molecule has 1 rings (SSSR count). The average Bonchev–Trinajstić information content (AvgIpc) is 2.25. The molecule has 0 bridgehead atoms. The fourth-order valence-electron chi connectivity index (χ4n) is 2.29. The Morgan fingerprint density at radius 2 is 2.00 bits per heavy atom. The summed E-state index contributed by atoms with van der Waals surface area (Å²) in [4.78, 5) is 24.8. The van der Waals surface area contributed by atoms with E-state index >= 15 is 0 Å². The molecule has 0 aliphatic carbocycles. The van der Waals surface area contributed by atoms with Crippen molar-refractivity contribution >= 4 is 11.9 Å². The Labute approximate surface area is 102 Å². The highest BCUT2D eigenvalue weighted by molar-refractivity contribution is 5.87. The SMILES string of the molecule is CC(C)C(N)C(=O)N1CCCC(C)C1C(=O)O. The van der Waals surface area contributed by atoms with Crippen molar-refractivity contribution in [2.24, 2.45) is 17.6 Å². The normalized spacial score (nSPS) is 27.0. The van der Waals surface area contributed by atoms with E-state index in [0.29, 0.717) is 6.54 Å². The number of likely N-dealkylation sites (tertiary alicyclic amines) is 1. The van der Waals surface area contributed by atoms with Crippen LogP contribution in [0.1, 0.15) is 33.6 Å². The van der Waals surface area contributed by atoms with Crippen LogP contribution in [0.15, 0.2) is 0 Å². The molecular weight excluding hydrogens is 220 g/mol. The van der Waals surface area contributed by atoms with Crippen LogP contribution in [0.4, 0.5) is 0 Å². The van der Waals surface area contributed by atoms with Gasteiger partial charge in [0, 0.05) is 6.54 Å². The van der Waals surface area contributed by atoms with Crippen molar-refractivity contribution in [3.63, 3.8) is 0 Å². The van der Waals surface area contributed by atoms with Crippen molar-refractivity contribution in [1.82, 2.24) is 4.90 Å². The number of carboxylic acid groups (broad SMARTS) is 1. The molecule has 1 aliphatic heterocycles. The number of nitrogens with zero attached hydrogens (tertiary/aromatic N) is 1. The van der Waals surface area contributed by atoms with Gasteiger partial charge in [-0.25, -0.2) is 4.79 Å². The lowest BCUT2D eigenvalue weighted by molar-refractivity contribution is -0.155. The molecule has 0 saturated carbocycles. The molecule has 98 valence electrons. The third kappa shape index (κ3) is 2.97. The summed E-state index contributed by atoms with van der Waals surface area (Å²) in [7, 11) is 0. The molecule has 0 aromatic rings. The minimum atomic E-state index is -0.929. The van der Waals surface area contributed by atoms with E-state index in [1.54, 1.807) is 0 Å². The molecule has 0 spiro atoms. The molecule has 17 heavy (non-hydrogen) atoms. The maximum Gasteiger partial charge on any atom is 0.326 e. The number of hydrogen-bond acceptors (Lipinski definition) is 3. The molecule has 1 aliphatic rings. The molecule has 1 fully saturated rings. The Bertz CT molecular complexity index is 304. The van der Waals surface area contributed by atoms with E-state index in [1.165, 1.54) is 4.90 Å². The first-order valence-electron chi connectivity index (χ1n) is 6.15. The Morgan fingerprint density at radius 3 is 2.47 bits per heavy atom. The van der Waals surface area contributed by atoms with Gasteiger partial charge in [-0.05, 0) is 24.7 Å². The summed E-state index contributed by atoms with van der Waals surface area (Å²) in [5.41, 5.74) is 5.81. The van der Waals surface area contributed by atoms with Gasteiger partial charge in [0.25, 0.3) is 0 Å². The van der Waals surface area contributed by atoms with Crippen LogP contribution in [0, 0.1) is 11.8 Å². The first-order chi connectivity index (χ1) is 7.86. The first-order valence-corrected chi connectivity index (χ1v) is 6.15. The molecule has 5 nitrogen and oxygen atoms in total. The summed E-state index contributed by atoms with van der Waals surface area (Å²) in [6, 6.07) is -1.33. The zero-order valence-electron chi connectivity index (χ0n) is 10.7. The molecule has 3 unspecified atom stereocenters. The standard InChI is InChI=1S/C12H22N2O3/c1-7(2)9(13)11(15)14-6-4-5-8(3)10(14)12(16)17/h7-10H,4-6,13H2,1-3H3,(H,16,17). The first kappa shape index (κ1) is 14.0. The summed E-state index contributed by atoms with van der Waals surface area (Å²) in [5.74, 6) is -1.15. The summed E-state index contributed by atoms with van der Waals surface area (Å²) >= 11 is 0. The van der Waals surface area contributed by atoms with Crippen molar-refractivity contribution in [1.29, 1.82) is 0 Å².